The number of nitrogens with one attached hydrogen (secondary N) is 2. The Labute approximate surface area is 147 Å². The molecule has 1 fully saturated rings. The molecule has 0 spiro atoms. The van der Waals surface area contributed by atoms with E-state index in [1.807, 2.05) is 28.8 Å². The van der Waals surface area contributed by atoms with Crippen LogP contribution in [0.2, 0.25) is 0 Å². The molecule has 9 heteroatoms. The number of rotatable bonds is 5. The highest BCUT2D eigenvalue weighted by Gasteiger charge is 2.24. The van der Waals surface area contributed by atoms with Gasteiger partial charge in [0.15, 0.2) is 6.67 Å². The number of hydrogen-bond acceptors (Lipinski definition) is 5. The summed E-state index contributed by atoms with van der Waals surface area (Å²) in [5.74, 6) is 0. The third kappa shape index (κ3) is 3.34. The molecule has 1 aliphatic heterocycles. The van der Waals surface area contributed by atoms with Gasteiger partial charge in [-0.1, -0.05) is 6.07 Å². The summed E-state index contributed by atoms with van der Waals surface area (Å²) >= 11 is 3.32. The lowest BCUT2D eigenvalue weighted by molar-refractivity contribution is -1.03. The van der Waals surface area contributed by atoms with Crippen LogP contribution >= 0.6 is 22.7 Å². The molecule has 24 heavy (non-hydrogen) atoms. The monoisotopic (exact) mass is 364 g/mol. The summed E-state index contributed by atoms with van der Waals surface area (Å²) in [4.78, 5) is 16.9. The molecule has 7 nitrogen and oxygen atoms in total. The smallest absolute Gasteiger partial charge is 0.321 e. The molecule has 4 rings (SSSR count). The van der Waals surface area contributed by atoms with Crippen molar-refractivity contribution in [3.05, 3.63) is 50.4 Å². The zero-order chi connectivity index (χ0) is 16.4. The molecule has 2 N–H and O–H groups in total. The SMILES string of the molecule is O=c1n(C[NH+]2CC[NH+](Cc3cccs3)CC2)nnn1-c1cccs1. The maximum Gasteiger partial charge on any atom is 0.374 e. The minimum absolute atomic E-state index is 0.154. The Morgan fingerprint density at radius 1 is 1.00 bits per heavy atom. The second-order valence-electron chi connectivity index (χ2n) is 6.04. The maximum absolute atomic E-state index is 12.4. The van der Waals surface area contributed by atoms with Gasteiger partial charge in [-0.15, -0.1) is 32.0 Å². The van der Waals surface area contributed by atoms with Crippen LogP contribution in [0.1, 0.15) is 4.88 Å². The summed E-state index contributed by atoms with van der Waals surface area (Å²) in [6.07, 6.45) is 0. The average molecular weight is 364 g/mol. The average Bonchev–Trinajstić information content (AvgIpc) is 3.33. The van der Waals surface area contributed by atoms with E-state index in [1.54, 1.807) is 4.90 Å². The van der Waals surface area contributed by atoms with Crippen LogP contribution in [0.3, 0.4) is 0 Å². The predicted octanol–water partition coefficient (Wildman–Crippen LogP) is -1.51. The fourth-order valence-electron chi connectivity index (χ4n) is 3.07. The summed E-state index contributed by atoms with van der Waals surface area (Å²) in [7, 11) is 0. The predicted molar refractivity (Wildman–Crippen MR) is 92.9 cm³/mol. The number of piperazine rings is 1. The first-order valence-corrected chi connectivity index (χ1v) is 9.82. The molecule has 0 saturated carbocycles. The quantitative estimate of drug-likeness (QED) is 0.579. The van der Waals surface area contributed by atoms with Crippen molar-refractivity contribution < 1.29 is 9.80 Å². The minimum Gasteiger partial charge on any atom is -0.321 e. The Morgan fingerprint density at radius 2 is 1.75 bits per heavy atom. The van der Waals surface area contributed by atoms with Crippen LogP contribution in [0.4, 0.5) is 0 Å². The van der Waals surface area contributed by atoms with E-state index >= 15 is 0 Å². The number of quaternary nitrogens is 2. The summed E-state index contributed by atoms with van der Waals surface area (Å²) < 4.78 is 2.86. The second-order valence-corrected chi connectivity index (χ2v) is 8.00. The summed E-state index contributed by atoms with van der Waals surface area (Å²) in [5, 5.41) is 12.9. The lowest BCUT2D eigenvalue weighted by Crippen LogP contribution is -3.27. The van der Waals surface area contributed by atoms with E-state index in [1.165, 1.54) is 30.5 Å². The Hall–Kier alpha value is -1.81. The normalized spacial score (nSPS) is 21.2. The van der Waals surface area contributed by atoms with E-state index in [0.29, 0.717) is 6.67 Å². The highest BCUT2D eigenvalue weighted by Crippen LogP contribution is 2.10. The van der Waals surface area contributed by atoms with Crippen LogP contribution in [0.25, 0.3) is 5.00 Å². The van der Waals surface area contributed by atoms with Gasteiger partial charge in [0.25, 0.3) is 0 Å². The maximum atomic E-state index is 12.4. The topological polar surface area (TPSA) is 61.6 Å². The Bertz CT molecular complexity index is 815. The van der Waals surface area contributed by atoms with E-state index in [0.717, 1.165) is 37.7 Å². The molecule has 0 bridgehead atoms. The van der Waals surface area contributed by atoms with Gasteiger partial charge in [0, 0.05) is 0 Å². The van der Waals surface area contributed by atoms with Crippen molar-refractivity contribution in [1.29, 1.82) is 0 Å². The second kappa shape index (κ2) is 6.98. The molecule has 0 atom stereocenters. The van der Waals surface area contributed by atoms with Crippen molar-refractivity contribution in [2.75, 3.05) is 26.2 Å². The van der Waals surface area contributed by atoms with Gasteiger partial charge in [-0.25, -0.2) is 4.79 Å². The highest BCUT2D eigenvalue weighted by atomic mass is 32.1. The molecule has 1 aliphatic rings. The van der Waals surface area contributed by atoms with E-state index in [4.69, 9.17) is 0 Å². The zero-order valence-electron chi connectivity index (χ0n) is 13.2. The summed E-state index contributed by atoms with van der Waals surface area (Å²) in [6, 6.07) is 8.11. The molecule has 1 saturated heterocycles. The fraction of sp³-hybridized carbons (Fsp3) is 0.400. The van der Waals surface area contributed by atoms with Crippen LogP contribution in [0.15, 0.2) is 39.8 Å². The number of nitrogens with zero attached hydrogens (tertiary/aromatic N) is 4. The zero-order valence-corrected chi connectivity index (χ0v) is 14.9. The van der Waals surface area contributed by atoms with Crippen LogP contribution < -0.4 is 15.5 Å². The van der Waals surface area contributed by atoms with Crippen molar-refractivity contribution in [2.24, 2.45) is 0 Å². The molecule has 126 valence electrons. The summed E-state index contributed by atoms with van der Waals surface area (Å²) in [6.45, 7) is 6.07. The van der Waals surface area contributed by atoms with Gasteiger partial charge in [0.05, 0.1) is 4.88 Å². The largest absolute Gasteiger partial charge is 0.374 e. The summed E-state index contributed by atoms with van der Waals surface area (Å²) in [5.41, 5.74) is -0.154. The van der Waals surface area contributed by atoms with Gasteiger partial charge in [0.1, 0.15) is 37.7 Å². The van der Waals surface area contributed by atoms with Gasteiger partial charge in [-0.05, 0) is 39.4 Å². The molecule has 0 aliphatic carbocycles. The molecule has 3 aromatic heterocycles. The van der Waals surface area contributed by atoms with E-state index in [2.05, 4.69) is 27.9 Å². The van der Waals surface area contributed by atoms with Gasteiger partial charge in [0.2, 0.25) is 0 Å². The van der Waals surface area contributed by atoms with Crippen LogP contribution in [-0.4, -0.2) is 46.0 Å². The highest BCUT2D eigenvalue weighted by molar-refractivity contribution is 7.12. The van der Waals surface area contributed by atoms with Crippen molar-refractivity contribution in [2.45, 2.75) is 13.2 Å². The Balaban J connectivity index is 1.35. The Kier molecular flexibility index (Phi) is 4.56. The van der Waals surface area contributed by atoms with Crippen molar-refractivity contribution >= 4 is 22.7 Å². The lowest BCUT2D eigenvalue weighted by atomic mass is 10.3. The standard InChI is InChI=1S/C15H18N6OS2/c22-15-20(16-17-21(15)14-4-2-10-24-14)12-19-7-5-18(6-8-19)11-13-3-1-9-23-13/h1-4,9-10H,5-8,11-12H2/p+2. The molecular formula is C15H20N6OS2+2. The number of aromatic nitrogens is 4. The number of tetrazole rings is 1. The first-order chi connectivity index (χ1) is 11.8. The molecule has 4 heterocycles. The molecule has 0 aromatic carbocycles. The van der Waals surface area contributed by atoms with Gasteiger partial charge >= 0.3 is 5.69 Å². The number of thiophene rings is 2. The fourth-order valence-corrected chi connectivity index (χ4v) is 4.51. The third-order valence-electron chi connectivity index (χ3n) is 4.40. The van der Waals surface area contributed by atoms with Crippen molar-refractivity contribution in [3.63, 3.8) is 0 Å². The van der Waals surface area contributed by atoms with E-state index in [-0.39, 0.29) is 5.69 Å². The lowest BCUT2D eigenvalue weighted by Gasteiger charge is -2.28. The number of hydrogen-bond donors (Lipinski definition) is 2. The molecular weight excluding hydrogens is 344 g/mol. The van der Waals surface area contributed by atoms with Gasteiger partial charge < -0.3 is 9.80 Å². The molecule has 0 amide bonds. The van der Waals surface area contributed by atoms with Crippen LogP contribution in [0.5, 0.6) is 0 Å². The van der Waals surface area contributed by atoms with Crippen LogP contribution in [-0.2, 0) is 13.2 Å². The van der Waals surface area contributed by atoms with E-state index < -0.39 is 0 Å². The van der Waals surface area contributed by atoms with Gasteiger partial charge in [-0.2, -0.15) is 0 Å². The van der Waals surface area contributed by atoms with Gasteiger partial charge in [-0.3, -0.25) is 0 Å². The third-order valence-corrected chi connectivity index (χ3v) is 6.12. The Morgan fingerprint density at radius 3 is 2.46 bits per heavy atom. The van der Waals surface area contributed by atoms with Crippen molar-refractivity contribution in [1.82, 2.24) is 19.8 Å². The molecule has 3 aromatic rings. The molecule has 0 unspecified atom stereocenters. The first kappa shape index (κ1) is 15.7. The van der Waals surface area contributed by atoms with Crippen LogP contribution in [0, 0.1) is 0 Å². The first-order valence-electron chi connectivity index (χ1n) is 8.06. The minimum atomic E-state index is -0.154. The van der Waals surface area contributed by atoms with Crippen molar-refractivity contribution in [3.8, 4) is 5.00 Å². The molecule has 0 radical (unpaired) electrons. The van der Waals surface area contributed by atoms with E-state index in [9.17, 15) is 4.79 Å².